The number of aryl methyl sites for hydroxylation is 2. The van der Waals surface area contributed by atoms with Crippen molar-refractivity contribution in [3.63, 3.8) is 0 Å². The predicted molar refractivity (Wildman–Crippen MR) is 157 cm³/mol. The standard InChI is InChI=1S/C17H17N5O3.C12H15N3O2/c1-10-8-12(16(23)24)19-15-14(10)21-7-5-11(9-21)22(15)17(25)20-13-4-2-3-6-18-13;1-7-5-9(12(16)17-2)14-11-10(7)15-4-3-8(6-15)13-11/h2-4,6,8,11H,5,7,9H2,1H3,(H,23,24)(H,18,20,25);5,8H,3-4,6H2,1-2H3,(H,13,14)/t11-;8-/m00/s1. The fraction of sp³-hybridized carbons (Fsp3) is 0.379. The maximum absolute atomic E-state index is 12.9. The summed E-state index contributed by atoms with van der Waals surface area (Å²) >= 11 is 0. The second-order valence-electron chi connectivity index (χ2n) is 10.8. The lowest BCUT2D eigenvalue weighted by Crippen LogP contribution is -2.48. The largest absolute Gasteiger partial charge is 0.477 e. The summed E-state index contributed by atoms with van der Waals surface area (Å²) in [4.78, 5) is 54.6. The van der Waals surface area contributed by atoms with Crippen molar-refractivity contribution in [2.45, 2.75) is 38.8 Å². The Kier molecular flexibility index (Phi) is 7.01. The lowest BCUT2D eigenvalue weighted by Gasteiger charge is -2.36. The number of ether oxygens (including phenoxy) is 1. The van der Waals surface area contributed by atoms with Gasteiger partial charge in [-0.15, -0.1) is 0 Å². The maximum atomic E-state index is 12.9. The predicted octanol–water partition coefficient (Wildman–Crippen LogP) is 3.29. The molecule has 2 saturated heterocycles. The van der Waals surface area contributed by atoms with Gasteiger partial charge in [-0.1, -0.05) is 6.07 Å². The summed E-state index contributed by atoms with van der Waals surface area (Å²) in [5.41, 5.74) is 4.15. The van der Waals surface area contributed by atoms with E-state index in [1.807, 2.05) is 13.8 Å². The van der Waals surface area contributed by atoms with Gasteiger partial charge in [0, 0.05) is 38.4 Å². The first-order valence-corrected chi connectivity index (χ1v) is 13.9. The van der Waals surface area contributed by atoms with Crippen LogP contribution in [0.5, 0.6) is 0 Å². The molecule has 218 valence electrons. The van der Waals surface area contributed by atoms with E-state index in [-0.39, 0.29) is 23.7 Å². The molecule has 2 fully saturated rings. The third kappa shape index (κ3) is 4.91. The zero-order valence-corrected chi connectivity index (χ0v) is 23.6. The highest BCUT2D eigenvalue weighted by molar-refractivity contribution is 6.05. The number of hydrogen-bond acceptors (Lipinski definition) is 10. The van der Waals surface area contributed by atoms with Gasteiger partial charge < -0.3 is 25.0 Å². The summed E-state index contributed by atoms with van der Waals surface area (Å²) in [5, 5.41) is 15.5. The number of pyridine rings is 3. The maximum Gasteiger partial charge on any atom is 0.356 e. The number of anilines is 5. The van der Waals surface area contributed by atoms with Gasteiger partial charge in [0.1, 0.15) is 5.82 Å². The van der Waals surface area contributed by atoms with Crippen molar-refractivity contribution >= 4 is 46.8 Å². The summed E-state index contributed by atoms with van der Waals surface area (Å²) in [5.74, 6) is 0.175. The van der Waals surface area contributed by atoms with Gasteiger partial charge in [-0.2, -0.15) is 0 Å². The van der Waals surface area contributed by atoms with E-state index in [0.29, 0.717) is 23.4 Å². The highest BCUT2D eigenvalue weighted by atomic mass is 16.5. The second-order valence-corrected chi connectivity index (χ2v) is 10.8. The van der Waals surface area contributed by atoms with Crippen LogP contribution in [0.15, 0.2) is 36.5 Å². The molecule has 0 aromatic carbocycles. The Morgan fingerprint density at radius 1 is 1.00 bits per heavy atom. The monoisotopic (exact) mass is 572 g/mol. The Morgan fingerprint density at radius 3 is 2.48 bits per heavy atom. The molecular weight excluding hydrogens is 540 g/mol. The molecule has 0 spiro atoms. The summed E-state index contributed by atoms with van der Waals surface area (Å²) in [6, 6.07) is 8.69. The van der Waals surface area contributed by atoms with Crippen LogP contribution in [0.1, 0.15) is 44.9 Å². The van der Waals surface area contributed by atoms with Gasteiger partial charge in [0.05, 0.1) is 24.5 Å². The minimum atomic E-state index is -1.11. The number of carboxylic acid groups (broad SMARTS) is 1. The van der Waals surface area contributed by atoms with Crippen molar-refractivity contribution in [1.82, 2.24) is 15.0 Å². The molecule has 2 atom stereocenters. The minimum absolute atomic E-state index is 0.0350. The van der Waals surface area contributed by atoms with E-state index in [9.17, 15) is 19.5 Å². The number of hydrogen-bond donors (Lipinski definition) is 3. The molecule has 4 bridgehead atoms. The third-order valence-corrected chi connectivity index (χ3v) is 8.00. The average Bonchev–Trinajstić information content (AvgIpc) is 3.56. The number of aromatic carboxylic acids is 1. The van der Waals surface area contributed by atoms with Crippen LogP contribution in [-0.4, -0.2) is 83.4 Å². The summed E-state index contributed by atoms with van der Waals surface area (Å²) in [7, 11) is 1.37. The lowest BCUT2D eigenvalue weighted by atomic mass is 10.1. The Bertz CT molecular complexity index is 1570. The third-order valence-electron chi connectivity index (χ3n) is 8.00. The van der Waals surface area contributed by atoms with Gasteiger partial charge >= 0.3 is 18.0 Å². The van der Waals surface area contributed by atoms with Gasteiger partial charge in [-0.05, 0) is 62.1 Å². The van der Waals surface area contributed by atoms with E-state index < -0.39 is 5.97 Å². The molecule has 7 rings (SSSR count). The van der Waals surface area contributed by atoms with E-state index in [4.69, 9.17) is 4.74 Å². The molecular formula is C29H32N8O5. The van der Waals surface area contributed by atoms with E-state index in [2.05, 4.69) is 35.4 Å². The second kappa shape index (κ2) is 10.8. The number of nitrogens with one attached hydrogen (secondary N) is 2. The molecule has 3 aromatic rings. The van der Waals surface area contributed by atoms with Crippen LogP contribution in [0, 0.1) is 13.8 Å². The van der Waals surface area contributed by atoms with Gasteiger partial charge in [-0.3, -0.25) is 10.2 Å². The zero-order valence-electron chi connectivity index (χ0n) is 23.6. The lowest BCUT2D eigenvalue weighted by molar-refractivity contribution is 0.0593. The number of carbonyl (C=O) groups excluding carboxylic acids is 2. The summed E-state index contributed by atoms with van der Waals surface area (Å²) in [6.45, 7) is 7.49. The van der Waals surface area contributed by atoms with Crippen LogP contribution >= 0.6 is 0 Å². The van der Waals surface area contributed by atoms with Crippen LogP contribution in [0.4, 0.5) is 33.6 Å². The molecule has 0 unspecified atom stereocenters. The van der Waals surface area contributed by atoms with Crippen LogP contribution < -0.4 is 25.3 Å². The molecule has 4 aliphatic heterocycles. The highest BCUT2D eigenvalue weighted by Crippen LogP contribution is 2.41. The molecule has 0 radical (unpaired) electrons. The number of nitrogens with zero attached hydrogens (tertiary/aromatic N) is 6. The minimum Gasteiger partial charge on any atom is -0.477 e. The number of carboxylic acids is 1. The molecule has 0 saturated carbocycles. The number of methoxy groups -OCH3 is 1. The number of aromatic nitrogens is 3. The van der Waals surface area contributed by atoms with Gasteiger partial charge in [-0.25, -0.2) is 29.3 Å². The summed E-state index contributed by atoms with van der Waals surface area (Å²) < 4.78 is 4.71. The number of esters is 1. The van der Waals surface area contributed by atoms with E-state index >= 15 is 0 Å². The smallest absolute Gasteiger partial charge is 0.356 e. The van der Waals surface area contributed by atoms with Crippen molar-refractivity contribution in [1.29, 1.82) is 0 Å². The number of urea groups is 1. The van der Waals surface area contributed by atoms with Crippen molar-refractivity contribution in [2.75, 3.05) is 58.6 Å². The van der Waals surface area contributed by atoms with Crippen molar-refractivity contribution in [3.05, 3.63) is 59.0 Å². The number of fused-ring (bicyclic) bond motifs is 8. The van der Waals surface area contributed by atoms with E-state index in [0.717, 1.165) is 67.3 Å². The fourth-order valence-electron chi connectivity index (χ4n) is 6.16. The number of amides is 2. The zero-order chi connectivity index (χ0) is 29.5. The molecule has 3 aromatic heterocycles. The van der Waals surface area contributed by atoms with Gasteiger partial charge in [0.2, 0.25) is 0 Å². The first-order chi connectivity index (χ1) is 20.2. The van der Waals surface area contributed by atoms with Crippen molar-refractivity contribution < 1.29 is 24.2 Å². The Balaban J connectivity index is 0.000000162. The van der Waals surface area contributed by atoms with Crippen LogP contribution in [-0.2, 0) is 4.74 Å². The first kappa shape index (κ1) is 27.2. The highest BCUT2D eigenvalue weighted by Gasteiger charge is 2.41. The molecule has 13 heteroatoms. The molecule has 42 heavy (non-hydrogen) atoms. The normalized spacial score (nSPS) is 19.2. The Morgan fingerprint density at radius 2 is 1.74 bits per heavy atom. The first-order valence-electron chi connectivity index (χ1n) is 13.9. The fourth-order valence-corrected chi connectivity index (χ4v) is 6.16. The Labute approximate surface area is 242 Å². The molecule has 2 amide bonds. The number of carbonyl (C=O) groups is 3. The van der Waals surface area contributed by atoms with Crippen molar-refractivity contribution in [2.24, 2.45) is 0 Å². The van der Waals surface area contributed by atoms with Crippen LogP contribution in [0.25, 0.3) is 0 Å². The molecule has 13 nitrogen and oxygen atoms in total. The molecule has 3 N–H and O–H groups in total. The van der Waals surface area contributed by atoms with E-state index in [1.54, 1.807) is 41.4 Å². The SMILES string of the molecule is COC(=O)c1cc(C)c2c(n1)N[C@H]1CCN2C1.Cc1cc(C(=O)O)nc2c1N1CC[C@@H](C1)N2C(=O)Nc1ccccn1. The van der Waals surface area contributed by atoms with Crippen LogP contribution in [0.3, 0.4) is 0 Å². The van der Waals surface area contributed by atoms with Crippen molar-refractivity contribution in [3.8, 4) is 0 Å². The quantitative estimate of drug-likeness (QED) is 0.396. The number of rotatable bonds is 3. The van der Waals surface area contributed by atoms with E-state index in [1.165, 1.54) is 7.11 Å². The Hall–Kier alpha value is -4.94. The molecule has 4 aliphatic rings. The van der Waals surface area contributed by atoms with Crippen LogP contribution in [0.2, 0.25) is 0 Å². The van der Waals surface area contributed by atoms with Gasteiger partial charge in [0.25, 0.3) is 0 Å². The average molecular weight is 573 g/mol. The molecule has 7 heterocycles. The van der Waals surface area contributed by atoms with Gasteiger partial charge in [0.15, 0.2) is 23.0 Å². The topological polar surface area (TPSA) is 153 Å². The molecule has 0 aliphatic carbocycles. The summed E-state index contributed by atoms with van der Waals surface area (Å²) in [6.07, 6.45) is 3.54.